The summed E-state index contributed by atoms with van der Waals surface area (Å²) in [6.07, 6.45) is -0.0237. The maximum absolute atomic E-state index is 12.2. The second-order valence-electron chi connectivity index (χ2n) is 4.33. The topological polar surface area (TPSA) is 54.4 Å². The highest BCUT2D eigenvalue weighted by molar-refractivity contribution is 7.84. The molecule has 1 N–H and O–H groups in total. The summed E-state index contributed by atoms with van der Waals surface area (Å²) in [6, 6.07) is 14.0. The van der Waals surface area contributed by atoms with Crippen LogP contribution in [0, 0.1) is 0 Å². The molecule has 0 saturated heterocycles. The van der Waals surface area contributed by atoms with E-state index in [1.807, 2.05) is 12.1 Å². The molecule has 2 rings (SSSR count). The van der Waals surface area contributed by atoms with Crippen LogP contribution in [0.5, 0.6) is 0 Å². The van der Waals surface area contributed by atoms with Gasteiger partial charge in [0, 0.05) is 9.92 Å². The van der Waals surface area contributed by atoms with E-state index in [1.165, 1.54) is 0 Å². The lowest BCUT2D eigenvalue weighted by molar-refractivity contribution is -0.136. The van der Waals surface area contributed by atoms with Crippen molar-refractivity contribution >= 4 is 28.4 Å². The molecule has 0 aliphatic carbocycles. The Bertz CT molecular complexity index is 621. The number of hydrogen-bond acceptors (Lipinski definition) is 2. The molecular weight excluding hydrogens is 296 g/mol. The summed E-state index contributed by atoms with van der Waals surface area (Å²) in [5.41, 5.74) is 1.65. The molecule has 2 aromatic carbocycles. The predicted octanol–water partition coefficient (Wildman–Crippen LogP) is 3.27. The second-order valence-corrected chi connectivity index (χ2v) is 6.22. The van der Waals surface area contributed by atoms with E-state index in [1.54, 1.807) is 36.4 Å². The molecule has 0 heterocycles. The van der Waals surface area contributed by atoms with Gasteiger partial charge in [-0.2, -0.15) is 0 Å². The lowest BCUT2D eigenvalue weighted by atomic mass is 10.2. The minimum absolute atomic E-state index is 0.0237. The molecule has 0 bridgehead atoms. The van der Waals surface area contributed by atoms with Gasteiger partial charge in [-0.25, -0.2) is 0 Å². The summed E-state index contributed by atoms with van der Waals surface area (Å²) < 4.78 is 12.2. The van der Waals surface area contributed by atoms with Crippen molar-refractivity contribution in [2.24, 2.45) is 0 Å². The minimum Gasteiger partial charge on any atom is -0.481 e. The molecule has 3 nitrogen and oxygen atoms in total. The zero-order chi connectivity index (χ0) is 14.5. The first-order chi connectivity index (χ1) is 9.54. The third-order valence-electron chi connectivity index (χ3n) is 2.75. The Morgan fingerprint density at radius 2 is 1.55 bits per heavy atom. The fourth-order valence-corrected chi connectivity index (χ4v) is 2.98. The lowest BCUT2D eigenvalue weighted by Gasteiger charge is -2.04. The molecule has 1 atom stereocenters. The first-order valence-corrected chi connectivity index (χ1v) is 7.68. The van der Waals surface area contributed by atoms with Crippen LogP contribution in [0.3, 0.4) is 0 Å². The monoisotopic (exact) mass is 308 g/mol. The molecule has 1 unspecified atom stereocenters. The summed E-state index contributed by atoms with van der Waals surface area (Å²) in [7, 11) is -1.15. The molecule has 5 heteroatoms. The predicted molar refractivity (Wildman–Crippen MR) is 79.3 cm³/mol. The van der Waals surface area contributed by atoms with Crippen LogP contribution in [0.15, 0.2) is 53.4 Å². The van der Waals surface area contributed by atoms with Gasteiger partial charge in [0.15, 0.2) is 0 Å². The Morgan fingerprint density at radius 3 is 2.10 bits per heavy atom. The maximum atomic E-state index is 12.2. The van der Waals surface area contributed by atoms with E-state index in [0.29, 0.717) is 21.2 Å². The Morgan fingerprint density at radius 1 is 1.00 bits per heavy atom. The van der Waals surface area contributed by atoms with Crippen molar-refractivity contribution in [2.45, 2.75) is 17.1 Å². The minimum atomic E-state index is -1.15. The SMILES string of the molecule is O=C(O)Cc1ccc(S(=O)Cc2ccc(Cl)cc2)cc1. The van der Waals surface area contributed by atoms with E-state index in [9.17, 15) is 9.00 Å². The number of aliphatic carboxylic acids is 1. The number of carboxylic acids is 1. The molecule has 0 spiro atoms. The van der Waals surface area contributed by atoms with Crippen molar-refractivity contribution < 1.29 is 14.1 Å². The molecule has 0 radical (unpaired) electrons. The van der Waals surface area contributed by atoms with E-state index in [0.717, 1.165) is 5.56 Å². The molecule has 0 saturated carbocycles. The standard InChI is InChI=1S/C15H13ClO3S/c16-13-5-1-12(2-6-13)10-20(19)14-7-3-11(4-8-14)9-15(17)18/h1-8H,9-10H2,(H,17,18). The number of rotatable bonds is 5. The molecule has 0 aromatic heterocycles. The lowest BCUT2D eigenvalue weighted by Crippen LogP contribution is -2.01. The van der Waals surface area contributed by atoms with E-state index >= 15 is 0 Å². The van der Waals surface area contributed by atoms with E-state index in [4.69, 9.17) is 16.7 Å². The zero-order valence-electron chi connectivity index (χ0n) is 10.6. The first kappa shape index (κ1) is 14.8. The molecule has 0 aliphatic rings. The number of hydrogen-bond donors (Lipinski definition) is 1. The number of carboxylic acid groups (broad SMARTS) is 1. The third kappa shape index (κ3) is 4.18. The summed E-state index contributed by atoms with van der Waals surface area (Å²) in [6.45, 7) is 0. The average molecular weight is 309 g/mol. The van der Waals surface area contributed by atoms with Crippen molar-refractivity contribution in [2.75, 3.05) is 0 Å². The van der Waals surface area contributed by atoms with Crippen molar-refractivity contribution in [3.05, 3.63) is 64.7 Å². The number of halogens is 1. The van der Waals surface area contributed by atoms with Crippen LogP contribution in [0.25, 0.3) is 0 Å². The highest BCUT2D eigenvalue weighted by Gasteiger charge is 2.06. The van der Waals surface area contributed by atoms with Crippen molar-refractivity contribution in [3.63, 3.8) is 0 Å². The summed E-state index contributed by atoms with van der Waals surface area (Å²) in [4.78, 5) is 11.3. The van der Waals surface area contributed by atoms with Crippen molar-refractivity contribution in [1.82, 2.24) is 0 Å². The van der Waals surface area contributed by atoms with Crippen molar-refractivity contribution in [3.8, 4) is 0 Å². The zero-order valence-corrected chi connectivity index (χ0v) is 12.2. The Kier molecular flexibility index (Phi) is 4.93. The maximum Gasteiger partial charge on any atom is 0.307 e. The Labute approximate surface area is 124 Å². The van der Waals surface area contributed by atoms with E-state index < -0.39 is 16.8 Å². The summed E-state index contributed by atoms with van der Waals surface area (Å²) in [5, 5.41) is 9.34. The van der Waals surface area contributed by atoms with Crippen LogP contribution < -0.4 is 0 Å². The Balaban J connectivity index is 2.05. The number of benzene rings is 2. The van der Waals surface area contributed by atoms with Crippen LogP contribution >= 0.6 is 11.6 Å². The van der Waals surface area contributed by atoms with Crippen LogP contribution in [0.4, 0.5) is 0 Å². The van der Waals surface area contributed by atoms with Crippen LogP contribution in [-0.4, -0.2) is 15.3 Å². The van der Waals surface area contributed by atoms with Crippen LogP contribution in [-0.2, 0) is 27.8 Å². The summed E-state index contributed by atoms with van der Waals surface area (Å²) in [5.74, 6) is -0.463. The van der Waals surface area contributed by atoms with Gasteiger partial charge in [0.2, 0.25) is 0 Å². The quantitative estimate of drug-likeness (QED) is 0.922. The van der Waals surface area contributed by atoms with E-state index in [2.05, 4.69) is 0 Å². The highest BCUT2D eigenvalue weighted by atomic mass is 35.5. The molecule has 0 amide bonds. The highest BCUT2D eigenvalue weighted by Crippen LogP contribution is 2.16. The third-order valence-corrected chi connectivity index (χ3v) is 4.40. The van der Waals surface area contributed by atoms with Gasteiger partial charge in [0.25, 0.3) is 0 Å². The van der Waals surface area contributed by atoms with Crippen LogP contribution in [0.2, 0.25) is 5.02 Å². The van der Waals surface area contributed by atoms with Gasteiger partial charge in [-0.1, -0.05) is 35.9 Å². The largest absolute Gasteiger partial charge is 0.481 e. The van der Waals surface area contributed by atoms with Gasteiger partial charge < -0.3 is 5.11 Å². The van der Waals surface area contributed by atoms with Gasteiger partial charge in [0.1, 0.15) is 0 Å². The molecule has 2 aromatic rings. The van der Waals surface area contributed by atoms with E-state index in [-0.39, 0.29) is 6.42 Å². The van der Waals surface area contributed by atoms with Gasteiger partial charge in [0.05, 0.1) is 23.0 Å². The van der Waals surface area contributed by atoms with Gasteiger partial charge in [-0.3, -0.25) is 9.00 Å². The van der Waals surface area contributed by atoms with Gasteiger partial charge >= 0.3 is 5.97 Å². The molecule has 20 heavy (non-hydrogen) atoms. The molecule has 0 aliphatic heterocycles. The smallest absolute Gasteiger partial charge is 0.307 e. The Hall–Kier alpha value is -1.65. The number of carbonyl (C=O) groups is 1. The second kappa shape index (κ2) is 6.68. The van der Waals surface area contributed by atoms with Crippen molar-refractivity contribution in [1.29, 1.82) is 0 Å². The fraction of sp³-hybridized carbons (Fsp3) is 0.133. The first-order valence-electron chi connectivity index (χ1n) is 5.98. The summed E-state index contributed by atoms with van der Waals surface area (Å²) >= 11 is 5.80. The fourth-order valence-electron chi connectivity index (χ4n) is 1.75. The average Bonchev–Trinajstić information content (AvgIpc) is 2.41. The van der Waals surface area contributed by atoms with Gasteiger partial charge in [-0.05, 0) is 35.4 Å². The molecule has 0 fully saturated rings. The van der Waals surface area contributed by atoms with Gasteiger partial charge in [-0.15, -0.1) is 0 Å². The van der Waals surface area contributed by atoms with Crippen LogP contribution in [0.1, 0.15) is 11.1 Å². The molecular formula is C15H13ClO3S. The molecule has 104 valence electrons. The normalized spacial score (nSPS) is 12.1.